The average Bonchev–Trinajstić information content (AvgIpc) is 2.96. The molecule has 1 aliphatic rings. The van der Waals surface area contributed by atoms with Crippen LogP contribution in [0.2, 0.25) is 0 Å². The second-order valence-corrected chi connectivity index (χ2v) is 5.77. The molecule has 116 valence electrons. The maximum atomic E-state index is 10.7. The molecule has 0 saturated carbocycles. The summed E-state index contributed by atoms with van der Waals surface area (Å²) in [5.41, 5.74) is 2.22. The third kappa shape index (κ3) is 3.71. The lowest BCUT2D eigenvalue weighted by Crippen LogP contribution is -2.34. The van der Waals surface area contributed by atoms with E-state index in [-0.39, 0.29) is 6.54 Å². The number of piperidine rings is 1. The summed E-state index contributed by atoms with van der Waals surface area (Å²) in [4.78, 5) is 17.3. The number of aliphatic carboxylic acids is 1. The molecule has 0 spiro atoms. The third-order valence-corrected chi connectivity index (χ3v) is 4.01. The Hall–Kier alpha value is -2.21. The summed E-state index contributed by atoms with van der Waals surface area (Å²) < 4.78 is 1.50. The molecule has 3 rings (SSSR count). The van der Waals surface area contributed by atoms with Gasteiger partial charge in [-0.2, -0.15) is 5.10 Å². The first-order valence-electron chi connectivity index (χ1n) is 7.57. The van der Waals surface area contributed by atoms with Crippen LogP contribution in [0.5, 0.6) is 0 Å². The van der Waals surface area contributed by atoms with Crippen molar-refractivity contribution in [2.75, 3.05) is 13.1 Å². The van der Waals surface area contributed by atoms with Gasteiger partial charge < -0.3 is 5.11 Å². The molecule has 1 fully saturated rings. The minimum Gasteiger partial charge on any atom is -0.480 e. The SMILES string of the molecule is O=C(O)Cn1ccc([C@@H]2CCCN(Cc3cccnc3)C2)n1. The van der Waals surface area contributed by atoms with Crippen molar-refractivity contribution in [3.8, 4) is 0 Å². The monoisotopic (exact) mass is 300 g/mol. The summed E-state index contributed by atoms with van der Waals surface area (Å²) in [7, 11) is 0. The molecule has 0 aromatic carbocycles. The molecule has 2 aromatic rings. The second-order valence-electron chi connectivity index (χ2n) is 5.77. The Bertz CT molecular complexity index is 626. The summed E-state index contributed by atoms with van der Waals surface area (Å²) in [5.74, 6) is -0.489. The largest absolute Gasteiger partial charge is 0.480 e. The second kappa shape index (κ2) is 6.70. The number of carbonyl (C=O) groups is 1. The zero-order chi connectivity index (χ0) is 15.4. The van der Waals surface area contributed by atoms with Gasteiger partial charge in [0.2, 0.25) is 0 Å². The lowest BCUT2D eigenvalue weighted by Gasteiger charge is -2.31. The van der Waals surface area contributed by atoms with Crippen molar-refractivity contribution in [2.45, 2.75) is 31.8 Å². The average molecular weight is 300 g/mol. The van der Waals surface area contributed by atoms with E-state index in [2.05, 4.69) is 21.0 Å². The van der Waals surface area contributed by atoms with Gasteiger partial charge in [0, 0.05) is 37.6 Å². The molecule has 0 amide bonds. The Balaban J connectivity index is 1.62. The predicted octanol–water partition coefficient (Wildman–Crippen LogP) is 1.74. The number of nitrogens with zero attached hydrogens (tertiary/aromatic N) is 4. The zero-order valence-electron chi connectivity index (χ0n) is 12.4. The molecule has 3 heterocycles. The van der Waals surface area contributed by atoms with Gasteiger partial charge in [0.15, 0.2) is 0 Å². The molecule has 1 atom stereocenters. The third-order valence-electron chi connectivity index (χ3n) is 4.01. The van der Waals surface area contributed by atoms with Crippen LogP contribution in [0.3, 0.4) is 0 Å². The summed E-state index contributed by atoms with van der Waals surface area (Å²) in [6, 6.07) is 6.00. The number of hydrogen-bond donors (Lipinski definition) is 1. The van der Waals surface area contributed by atoms with Crippen LogP contribution in [0.25, 0.3) is 0 Å². The van der Waals surface area contributed by atoms with Crippen molar-refractivity contribution in [1.29, 1.82) is 0 Å². The quantitative estimate of drug-likeness (QED) is 0.910. The molecule has 1 aliphatic heterocycles. The molecule has 0 radical (unpaired) electrons. The molecule has 0 unspecified atom stereocenters. The molecular formula is C16H20N4O2. The van der Waals surface area contributed by atoms with E-state index >= 15 is 0 Å². The van der Waals surface area contributed by atoms with Crippen molar-refractivity contribution >= 4 is 5.97 Å². The minimum atomic E-state index is -0.864. The number of carboxylic acids is 1. The lowest BCUT2D eigenvalue weighted by atomic mass is 9.95. The van der Waals surface area contributed by atoms with Gasteiger partial charge in [-0.3, -0.25) is 19.4 Å². The van der Waals surface area contributed by atoms with E-state index in [0.29, 0.717) is 5.92 Å². The number of pyridine rings is 1. The van der Waals surface area contributed by atoms with E-state index in [9.17, 15) is 4.79 Å². The fraction of sp³-hybridized carbons (Fsp3) is 0.438. The summed E-state index contributed by atoms with van der Waals surface area (Å²) in [6.07, 6.45) is 7.69. The van der Waals surface area contributed by atoms with Gasteiger partial charge in [0.1, 0.15) is 6.54 Å². The Morgan fingerprint density at radius 3 is 3.09 bits per heavy atom. The first-order chi connectivity index (χ1) is 10.7. The minimum absolute atomic E-state index is 0.0773. The highest BCUT2D eigenvalue weighted by Gasteiger charge is 2.23. The van der Waals surface area contributed by atoms with E-state index in [1.165, 1.54) is 10.2 Å². The van der Waals surface area contributed by atoms with E-state index in [1.54, 1.807) is 12.4 Å². The number of rotatable bonds is 5. The summed E-state index contributed by atoms with van der Waals surface area (Å²) in [6.45, 7) is 2.87. The highest BCUT2D eigenvalue weighted by atomic mass is 16.4. The maximum Gasteiger partial charge on any atom is 0.325 e. The first kappa shape index (κ1) is 14.7. The Morgan fingerprint density at radius 1 is 1.41 bits per heavy atom. The normalized spacial score (nSPS) is 19.2. The molecular weight excluding hydrogens is 280 g/mol. The van der Waals surface area contributed by atoms with Crippen LogP contribution in [0.1, 0.15) is 30.0 Å². The van der Waals surface area contributed by atoms with Crippen LogP contribution in [0, 0.1) is 0 Å². The van der Waals surface area contributed by atoms with Gasteiger partial charge in [0.25, 0.3) is 0 Å². The van der Waals surface area contributed by atoms with Crippen molar-refractivity contribution in [3.05, 3.63) is 48.0 Å². The van der Waals surface area contributed by atoms with Gasteiger partial charge in [-0.05, 0) is 37.1 Å². The van der Waals surface area contributed by atoms with Crippen LogP contribution in [0.4, 0.5) is 0 Å². The molecule has 22 heavy (non-hydrogen) atoms. The standard InChI is InChI=1S/C16H20N4O2/c21-16(22)12-20-8-5-15(18-20)14-4-2-7-19(11-14)10-13-3-1-6-17-9-13/h1,3,5-6,8-9,14H,2,4,7,10-12H2,(H,21,22)/t14-/m1/s1. The molecule has 2 aromatic heterocycles. The van der Waals surface area contributed by atoms with Gasteiger partial charge in [0.05, 0.1) is 5.69 Å². The Morgan fingerprint density at radius 2 is 2.32 bits per heavy atom. The first-order valence-corrected chi connectivity index (χ1v) is 7.57. The van der Waals surface area contributed by atoms with Crippen molar-refractivity contribution in [3.63, 3.8) is 0 Å². The van der Waals surface area contributed by atoms with Gasteiger partial charge in [-0.15, -0.1) is 0 Å². The molecule has 1 saturated heterocycles. The Labute approximate surface area is 129 Å². The topological polar surface area (TPSA) is 71.2 Å². The van der Waals surface area contributed by atoms with Crippen LogP contribution in [0.15, 0.2) is 36.8 Å². The van der Waals surface area contributed by atoms with Gasteiger partial charge in [-0.1, -0.05) is 6.07 Å². The fourth-order valence-corrected chi connectivity index (χ4v) is 3.01. The van der Waals surface area contributed by atoms with Crippen LogP contribution in [-0.4, -0.2) is 43.8 Å². The highest BCUT2D eigenvalue weighted by Crippen LogP contribution is 2.26. The predicted molar refractivity (Wildman–Crippen MR) is 81.4 cm³/mol. The van der Waals surface area contributed by atoms with Gasteiger partial charge >= 0.3 is 5.97 Å². The maximum absolute atomic E-state index is 10.7. The summed E-state index contributed by atoms with van der Waals surface area (Å²) >= 11 is 0. The van der Waals surface area contributed by atoms with E-state index in [0.717, 1.165) is 38.2 Å². The number of likely N-dealkylation sites (tertiary alicyclic amines) is 1. The number of carboxylic acid groups (broad SMARTS) is 1. The fourth-order valence-electron chi connectivity index (χ4n) is 3.01. The van der Waals surface area contributed by atoms with Crippen molar-refractivity contribution in [1.82, 2.24) is 19.7 Å². The van der Waals surface area contributed by atoms with E-state index in [1.807, 2.05) is 18.3 Å². The number of hydrogen-bond acceptors (Lipinski definition) is 4. The summed E-state index contributed by atoms with van der Waals surface area (Å²) in [5, 5.41) is 13.2. The lowest BCUT2D eigenvalue weighted by molar-refractivity contribution is -0.137. The van der Waals surface area contributed by atoms with Gasteiger partial charge in [-0.25, -0.2) is 0 Å². The molecule has 0 aliphatic carbocycles. The Kier molecular flexibility index (Phi) is 4.48. The van der Waals surface area contributed by atoms with Crippen LogP contribution in [-0.2, 0) is 17.9 Å². The van der Waals surface area contributed by atoms with Crippen LogP contribution < -0.4 is 0 Å². The number of aromatic nitrogens is 3. The van der Waals surface area contributed by atoms with E-state index < -0.39 is 5.97 Å². The zero-order valence-corrected chi connectivity index (χ0v) is 12.4. The molecule has 1 N–H and O–H groups in total. The molecule has 0 bridgehead atoms. The van der Waals surface area contributed by atoms with E-state index in [4.69, 9.17) is 5.11 Å². The molecule has 6 heteroatoms. The highest BCUT2D eigenvalue weighted by molar-refractivity contribution is 5.66. The van der Waals surface area contributed by atoms with Crippen molar-refractivity contribution in [2.24, 2.45) is 0 Å². The smallest absolute Gasteiger partial charge is 0.325 e. The van der Waals surface area contributed by atoms with Crippen molar-refractivity contribution < 1.29 is 9.90 Å². The van der Waals surface area contributed by atoms with Crippen LogP contribution >= 0.6 is 0 Å². The molecule has 6 nitrogen and oxygen atoms in total.